The number of aromatic nitrogens is 1. The lowest BCUT2D eigenvalue weighted by molar-refractivity contribution is -0.131. The zero-order chi connectivity index (χ0) is 21.1. The molecule has 1 unspecified atom stereocenters. The maximum Gasteiger partial charge on any atom is 0.229 e. The Morgan fingerprint density at radius 2 is 2.07 bits per heavy atom. The summed E-state index contributed by atoms with van der Waals surface area (Å²) in [4.78, 5) is 19.7. The number of carbonyl (C=O) groups excluding carboxylic acids is 1. The number of halogens is 1. The maximum absolute atomic E-state index is 13.2. The second-order valence-electron chi connectivity index (χ2n) is 7.15. The highest BCUT2D eigenvalue weighted by molar-refractivity contribution is 7.13. The second-order valence-corrected chi connectivity index (χ2v) is 8.42. The minimum Gasteiger partial charge on any atom is -0.497 e. The van der Waals surface area contributed by atoms with Gasteiger partial charge in [0.1, 0.15) is 16.5 Å². The Balaban J connectivity index is 1.53. The first-order valence-electron chi connectivity index (χ1n) is 9.81. The molecular formula is C23H23ClN2O3S. The van der Waals surface area contributed by atoms with E-state index in [1.54, 1.807) is 14.2 Å². The van der Waals surface area contributed by atoms with Crippen molar-refractivity contribution in [3.05, 3.63) is 64.1 Å². The van der Waals surface area contributed by atoms with Crippen molar-refractivity contribution in [2.45, 2.75) is 25.3 Å². The predicted octanol–water partition coefficient (Wildman–Crippen LogP) is 5.39. The third-order valence-electron chi connectivity index (χ3n) is 5.36. The van der Waals surface area contributed by atoms with Gasteiger partial charge in [-0.1, -0.05) is 29.8 Å². The third-order valence-corrected chi connectivity index (χ3v) is 6.61. The second kappa shape index (κ2) is 9.06. The molecule has 0 aliphatic carbocycles. The summed E-state index contributed by atoms with van der Waals surface area (Å²) in [5, 5.41) is 3.43. The molecule has 5 nitrogen and oxygen atoms in total. The molecular weight excluding hydrogens is 420 g/mol. The van der Waals surface area contributed by atoms with Crippen LogP contribution in [0, 0.1) is 0 Å². The number of methoxy groups -OCH3 is 2. The molecule has 1 atom stereocenters. The topological polar surface area (TPSA) is 51.7 Å². The van der Waals surface area contributed by atoms with E-state index in [-0.39, 0.29) is 18.4 Å². The van der Waals surface area contributed by atoms with E-state index in [4.69, 9.17) is 21.1 Å². The predicted molar refractivity (Wildman–Crippen MR) is 119 cm³/mol. The Morgan fingerprint density at radius 1 is 1.23 bits per heavy atom. The van der Waals surface area contributed by atoms with Crippen molar-refractivity contribution in [1.29, 1.82) is 0 Å². The van der Waals surface area contributed by atoms with Gasteiger partial charge in [0.25, 0.3) is 0 Å². The summed E-state index contributed by atoms with van der Waals surface area (Å²) >= 11 is 7.79. The molecule has 30 heavy (non-hydrogen) atoms. The van der Waals surface area contributed by atoms with E-state index in [1.807, 2.05) is 52.7 Å². The first-order valence-corrected chi connectivity index (χ1v) is 11.1. The van der Waals surface area contributed by atoms with E-state index in [9.17, 15) is 4.79 Å². The third kappa shape index (κ3) is 4.16. The number of carbonyl (C=O) groups is 1. The summed E-state index contributed by atoms with van der Waals surface area (Å²) in [6.45, 7) is 0.728. The number of rotatable bonds is 6. The maximum atomic E-state index is 13.2. The normalized spacial score (nSPS) is 16.0. The molecule has 4 rings (SSSR count). The van der Waals surface area contributed by atoms with Gasteiger partial charge in [-0.15, -0.1) is 11.3 Å². The molecule has 0 bridgehead atoms. The van der Waals surface area contributed by atoms with Crippen molar-refractivity contribution < 1.29 is 14.3 Å². The van der Waals surface area contributed by atoms with Crippen LogP contribution in [0.4, 0.5) is 0 Å². The van der Waals surface area contributed by atoms with Crippen molar-refractivity contribution in [2.24, 2.45) is 0 Å². The molecule has 1 fully saturated rings. The Kier molecular flexibility index (Phi) is 6.25. The van der Waals surface area contributed by atoms with Gasteiger partial charge in [0.05, 0.1) is 37.4 Å². The molecule has 2 heterocycles. The quantitative estimate of drug-likeness (QED) is 0.513. The number of benzene rings is 2. The average molecular weight is 443 g/mol. The Hall–Kier alpha value is -2.57. The molecule has 0 radical (unpaired) electrons. The van der Waals surface area contributed by atoms with Crippen molar-refractivity contribution in [1.82, 2.24) is 9.88 Å². The zero-order valence-electron chi connectivity index (χ0n) is 16.9. The van der Waals surface area contributed by atoms with Crippen molar-refractivity contribution in [2.75, 3.05) is 20.8 Å². The largest absolute Gasteiger partial charge is 0.497 e. The van der Waals surface area contributed by atoms with Crippen molar-refractivity contribution >= 4 is 28.8 Å². The highest BCUT2D eigenvalue weighted by atomic mass is 35.5. The van der Waals surface area contributed by atoms with Gasteiger partial charge < -0.3 is 14.4 Å². The number of amides is 1. The van der Waals surface area contributed by atoms with Crippen LogP contribution in [0.1, 0.15) is 30.1 Å². The molecule has 156 valence electrons. The fraction of sp³-hybridized carbons (Fsp3) is 0.304. The smallest absolute Gasteiger partial charge is 0.229 e. The molecule has 7 heteroatoms. The molecule has 1 aromatic heterocycles. The number of nitrogens with zero attached hydrogens (tertiary/aromatic N) is 2. The lowest BCUT2D eigenvalue weighted by Crippen LogP contribution is -2.32. The molecule has 0 saturated carbocycles. The van der Waals surface area contributed by atoms with Crippen molar-refractivity contribution in [3.8, 4) is 22.1 Å². The van der Waals surface area contributed by atoms with E-state index < -0.39 is 0 Å². The van der Waals surface area contributed by atoms with E-state index in [0.717, 1.165) is 52.7 Å². The van der Waals surface area contributed by atoms with Gasteiger partial charge in [-0.2, -0.15) is 0 Å². The first kappa shape index (κ1) is 20.7. The van der Waals surface area contributed by atoms with Crippen LogP contribution in [-0.2, 0) is 11.2 Å². The molecule has 1 saturated heterocycles. The fourth-order valence-corrected chi connectivity index (χ4v) is 5.03. The first-order chi connectivity index (χ1) is 14.6. The van der Waals surface area contributed by atoms with E-state index >= 15 is 0 Å². The molecule has 1 aliphatic rings. The van der Waals surface area contributed by atoms with Crippen LogP contribution < -0.4 is 9.47 Å². The molecule has 3 aromatic rings. The summed E-state index contributed by atoms with van der Waals surface area (Å²) in [7, 11) is 3.29. The van der Waals surface area contributed by atoms with Gasteiger partial charge in [0.15, 0.2) is 0 Å². The van der Waals surface area contributed by atoms with E-state index in [2.05, 4.69) is 4.98 Å². The molecule has 1 aliphatic heterocycles. The van der Waals surface area contributed by atoms with Crippen LogP contribution in [0.2, 0.25) is 5.02 Å². The van der Waals surface area contributed by atoms with Gasteiger partial charge >= 0.3 is 0 Å². The number of hydrogen-bond donors (Lipinski definition) is 0. The van der Waals surface area contributed by atoms with Crippen LogP contribution in [0.5, 0.6) is 11.5 Å². The number of thiazole rings is 1. The monoisotopic (exact) mass is 442 g/mol. The molecule has 0 spiro atoms. The van der Waals surface area contributed by atoms with Crippen LogP contribution >= 0.6 is 22.9 Å². The molecule has 1 amide bonds. The summed E-state index contributed by atoms with van der Waals surface area (Å²) in [6, 6.07) is 13.3. The fourth-order valence-electron chi connectivity index (χ4n) is 3.89. The lowest BCUT2D eigenvalue weighted by Gasteiger charge is -2.26. The average Bonchev–Trinajstić information content (AvgIpc) is 3.43. The summed E-state index contributed by atoms with van der Waals surface area (Å²) in [5.74, 6) is 1.60. The van der Waals surface area contributed by atoms with Gasteiger partial charge in [0.2, 0.25) is 5.91 Å². The van der Waals surface area contributed by atoms with E-state index in [1.165, 1.54) is 11.3 Å². The van der Waals surface area contributed by atoms with Crippen LogP contribution in [0.15, 0.2) is 47.8 Å². The van der Waals surface area contributed by atoms with E-state index in [0.29, 0.717) is 5.02 Å². The van der Waals surface area contributed by atoms with Gasteiger partial charge in [-0.05, 0) is 37.1 Å². The SMILES string of the molecule is COc1ccc(OC)c(C2CCCN2C(=O)Cc2csc(-c3ccccc3Cl)n2)c1. The van der Waals surface area contributed by atoms with Gasteiger partial charge in [-0.3, -0.25) is 4.79 Å². The Morgan fingerprint density at radius 3 is 2.83 bits per heavy atom. The van der Waals surface area contributed by atoms with Crippen LogP contribution in [0.3, 0.4) is 0 Å². The summed E-state index contributed by atoms with van der Waals surface area (Å²) in [6.07, 6.45) is 2.12. The number of hydrogen-bond acceptors (Lipinski definition) is 5. The highest BCUT2D eigenvalue weighted by Crippen LogP contribution is 2.39. The van der Waals surface area contributed by atoms with Gasteiger partial charge in [-0.25, -0.2) is 4.98 Å². The highest BCUT2D eigenvalue weighted by Gasteiger charge is 2.32. The number of ether oxygens (including phenoxy) is 2. The lowest BCUT2D eigenvalue weighted by atomic mass is 10.0. The summed E-state index contributed by atoms with van der Waals surface area (Å²) in [5.41, 5.74) is 2.64. The summed E-state index contributed by atoms with van der Waals surface area (Å²) < 4.78 is 10.9. The number of likely N-dealkylation sites (tertiary alicyclic amines) is 1. The van der Waals surface area contributed by atoms with Crippen LogP contribution in [-0.4, -0.2) is 36.6 Å². The Labute approximate surface area is 185 Å². The van der Waals surface area contributed by atoms with Crippen LogP contribution in [0.25, 0.3) is 10.6 Å². The zero-order valence-corrected chi connectivity index (χ0v) is 18.5. The van der Waals surface area contributed by atoms with Gasteiger partial charge in [0, 0.05) is 23.1 Å². The van der Waals surface area contributed by atoms with Crippen molar-refractivity contribution in [3.63, 3.8) is 0 Å². The minimum absolute atomic E-state index is 0.0239. The Bertz CT molecular complexity index is 1050. The standard InChI is InChI=1S/C23H23ClN2O3S/c1-28-16-9-10-21(29-2)18(13-16)20-8-5-11-26(20)22(27)12-15-14-30-23(25-15)17-6-3-4-7-19(17)24/h3-4,6-7,9-10,13-14,20H,5,8,11-12H2,1-2H3. The minimum atomic E-state index is -0.0239. The molecule has 2 aromatic carbocycles. The molecule has 0 N–H and O–H groups in total.